The van der Waals surface area contributed by atoms with E-state index in [0.29, 0.717) is 19.1 Å². The number of hydrogen-bond donors (Lipinski definition) is 0. The molecule has 240 valence electrons. The summed E-state index contributed by atoms with van der Waals surface area (Å²) >= 11 is 0. The van der Waals surface area contributed by atoms with E-state index in [1.165, 1.54) is 5.56 Å². The molecule has 1 aliphatic rings. The maximum Gasteiger partial charge on any atom is 0.211 e. The summed E-state index contributed by atoms with van der Waals surface area (Å²) in [4.78, 5) is 0. The molecule has 1 aliphatic heterocycles. The van der Waals surface area contributed by atoms with E-state index in [2.05, 4.69) is 105 Å². The number of hydrogen-bond acceptors (Lipinski definition) is 4. The molecule has 0 amide bonds. The molecule has 0 saturated heterocycles. The molecular weight excluding hydrogens is 592 g/mol. The molecule has 0 aliphatic carbocycles. The maximum atomic E-state index is 6.74. The SMILES string of the molecule is CCC(C)c1ccc(OC(OCCOc2c(-c3ccccc3)cccc2-c2ccccc2)C2c3ccccc3Oc3ccccc32)cc1. The molecule has 4 heteroatoms. The van der Waals surface area contributed by atoms with Crippen LogP contribution in [0.5, 0.6) is 23.0 Å². The quantitative estimate of drug-likeness (QED) is 0.0994. The summed E-state index contributed by atoms with van der Waals surface area (Å²) in [7, 11) is 0. The number of fused-ring (bicyclic) bond motifs is 2. The second-order valence-corrected chi connectivity index (χ2v) is 12.2. The molecule has 7 rings (SSSR count). The lowest BCUT2D eigenvalue weighted by atomic mass is 9.87. The lowest BCUT2D eigenvalue weighted by molar-refractivity contribution is -0.0966. The van der Waals surface area contributed by atoms with Gasteiger partial charge in [0.05, 0.1) is 12.5 Å². The number of benzene rings is 6. The maximum absolute atomic E-state index is 6.74. The van der Waals surface area contributed by atoms with E-state index in [1.54, 1.807) is 0 Å². The fraction of sp³-hybridized carbons (Fsp3) is 0.182. The first kappa shape index (κ1) is 31.3. The third-order valence-corrected chi connectivity index (χ3v) is 9.11. The van der Waals surface area contributed by atoms with Crippen LogP contribution in [0.2, 0.25) is 0 Å². The molecule has 0 aromatic heterocycles. The Morgan fingerprint density at radius 1 is 0.583 bits per heavy atom. The molecular formula is C44H40O4. The first-order valence-corrected chi connectivity index (χ1v) is 16.8. The van der Waals surface area contributed by atoms with Crippen LogP contribution in [-0.2, 0) is 4.74 Å². The van der Waals surface area contributed by atoms with Crippen LogP contribution in [-0.4, -0.2) is 19.5 Å². The molecule has 0 saturated carbocycles. The van der Waals surface area contributed by atoms with E-state index in [9.17, 15) is 0 Å². The van der Waals surface area contributed by atoms with Gasteiger partial charge in [0, 0.05) is 22.3 Å². The van der Waals surface area contributed by atoms with E-state index in [0.717, 1.165) is 62.8 Å². The predicted molar refractivity (Wildman–Crippen MR) is 193 cm³/mol. The smallest absolute Gasteiger partial charge is 0.211 e. The lowest BCUT2D eigenvalue weighted by Gasteiger charge is -2.33. The largest absolute Gasteiger partial charge is 0.490 e. The molecule has 4 nitrogen and oxygen atoms in total. The van der Waals surface area contributed by atoms with Crippen LogP contribution in [0.15, 0.2) is 152 Å². The van der Waals surface area contributed by atoms with Crippen molar-refractivity contribution in [1.29, 1.82) is 0 Å². The van der Waals surface area contributed by atoms with Crippen LogP contribution in [0, 0.1) is 0 Å². The minimum absolute atomic E-state index is 0.211. The van der Waals surface area contributed by atoms with Gasteiger partial charge in [0.25, 0.3) is 0 Å². The monoisotopic (exact) mass is 632 g/mol. The molecule has 0 N–H and O–H groups in total. The minimum atomic E-state index is -0.632. The van der Waals surface area contributed by atoms with Gasteiger partial charge in [-0.15, -0.1) is 0 Å². The standard InChI is InChI=1S/C44H40O4/c1-3-31(2)32-25-27-35(28-26-32)47-44(42-38-19-10-12-23-40(38)48-41-24-13-11-20-39(41)42)46-30-29-45-43-36(33-15-6-4-7-16-33)21-14-22-37(43)34-17-8-5-9-18-34/h4-28,31,42,44H,3,29-30H2,1-2H3. The highest BCUT2D eigenvalue weighted by molar-refractivity contribution is 5.82. The van der Waals surface area contributed by atoms with Crippen LogP contribution in [0.3, 0.4) is 0 Å². The van der Waals surface area contributed by atoms with Crippen molar-refractivity contribution in [1.82, 2.24) is 0 Å². The normalized spacial score (nSPS) is 13.5. The summed E-state index contributed by atoms with van der Waals surface area (Å²) in [6, 6.07) is 51.7. The second-order valence-electron chi connectivity index (χ2n) is 12.2. The van der Waals surface area contributed by atoms with Gasteiger partial charge in [0.1, 0.15) is 29.6 Å². The summed E-state index contributed by atoms with van der Waals surface area (Å²) in [5, 5.41) is 0. The molecule has 6 aromatic carbocycles. The van der Waals surface area contributed by atoms with Gasteiger partial charge in [0.2, 0.25) is 6.29 Å². The molecule has 0 radical (unpaired) electrons. The van der Waals surface area contributed by atoms with Gasteiger partial charge < -0.3 is 18.9 Å². The summed E-state index contributed by atoms with van der Waals surface area (Å²) in [6.07, 6.45) is 0.452. The fourth-order valence-corrected chi connectivity index (χ4v) is 6.37. The highest BCUT2D eigenvalue weighted by Crippen LogP contribution is 2.46. The Balaban J connectivity index is 1.19. The summed E-state index contributed by atoms with van der Waals surface area (Å²) in [5.41, 5.74) is 7.63. The van der Waals surface area contributed by atoms with Gasteiger partial charge in [-0.1, -0.05) is 141 Å². The first-order chi connectivity index (χ1) is 23.7. The predicted octanol–water partition coefficient (Wildman–Crippen LogP) is 11.3. The summed E-state index contributed by atoms with van der Waals surface area (Å²) in [5.74, 6) is 3.49. The molecule has 2 atom stereocenters. The molecule has 2 unspecified atom stereocenters. The number of rotatable bonds is 12. The van der Waals surface area contributed by atoms with Gasteiger partial charge in [-0.2, -0.15) is 0 Å². The van der Waals surface area contributed by atoms with Gasteiger partial charge >= 0.3 is 0 Å². The Morgan fingerprint density at radius 2 is 1.12 bits per heavy atom. The molecule has 1 heterocycles. The Hall–Kier alpha value is -5.32. The van der Waals surface area contributed by atoms with E-state index in [-0.39, 0.29) is 5.92 Å². The molecule has 6 aromatic rings. The first-order valence-electron chi connectivity index (χ1n) is 16.8. The van der Waals surface area contributed by atoms with E-state index < -0.39 is 6.29 Å². The highest BCUT2D eigenvalue weighted by Gasteiger charge is 2.35. The van der Waals surface area contributed by atoms with Crippen molar-refractivity contribution >= 4 is 0 Å². The van der Waals surface area contributed by atoms with Crippen molar-refractivity contribution in [3.05, 3.63) is 168 Å². The van der Waals surface area contributed by atoms with Gasteiger partial charge in [-0.3, -0.25) is 0 Å². The van der Waals surface area contributed by atoms with Gasteiger partial charge in [-0.25, -0.2) is 0 Å². The van der Waals surface area contributed by atoms with Crippen molar-refractivity contribution < 1.29 is 18.9 Å². The zero-order chi connectivity index (χ0) is 32.7. The number of para-hydroxylation sites is 3. The van der Waals surface area contributed by atoms with Crippen LogP contribution < -0.4 is 14.2 Å². The minimum Gasteiger partial charge on any atom is -0.490 e. The topological polar surface area (TPSA) is 36.9 Å². The van der Waals surface area contributed by atoms with E-state index >= 15 is 0 Å². The van der Waals surface area contributed by atoms with Gasteiger partial charge in [0.15, 0.2) is 0 Å². The Kier molecular flexibility index (Phi) is 9.53. The third kappa shape index (κ3) is 6.71. The average Bonchev–Trinajstić information content (AvgIpc) is 3.15. The lowest BCUT2D eigenvalue weighted by Crippen LogP contribution is -2.32. The van der Waals surface area contributed by atoms with E-state index in [1.807, 2.05) is 60.7 Å². The fourth-order valence-electron chi connectivity index (χ4n) is 6.37. The Bertz CT molecular complexity index is 1830. The van der Waals surface area contributed by atoms with Gasteiger partial charge in [-0.05, 0) is 53.3 Å². The number of ether oxygens (including phenoxy) is 4. The van der Waals surface area contributed by atoms with Crippen LogP contribution in [0.25, 0.3) is 22.3 Å². The van der Waals surface area contributed by atoms with Crippen LogP contribution in [0.4, 0.5) is 0 Å². The van der Waals surface area contributed by atoms with Crippen molar-refractivity contribution in [2.75, 3.05) is 13.2 Å². The van der Waals surface area contributed by atoms with Crippen molar-refractivity contribution in [2.45, 2.75) is 38.4 Å². The summed E-state index contributed by atoms with van der Waals surface area (Å²) < 4.78 is 26.4. The zero-order valence-corrected chi connectivity index (χ0v) is 27.4. The average molecular weight is 633 g/mol. The third-order valence-electron chi connectivity index (χ3n) is 9.11. The molecule has 0 bridgehead atoms. The highest BCUT2D eigenvalue weighted by atomic mass is 16.7. The molecule has 48 heavy (non-hydrogen) atoms. The van der Waals surface area contributed by atoms with Crippen molar-refractivity contribution in [2.24, 2.45) is 0 Å². The van der Waals surface area contributed by atoms with Crippen molar-refractivity contribution in [3.63, 3.8) is 0 Å². The summed E-state index contributed by atoms with van der Waals surface area (Å²) in [6.45, 7) is 5.11. The van der Waals surface area contributed by atoms with Crippen LogP contribution in [0.1, 0.15) is 48.8 Å². The Morgan fingerprint density at radius 3 is 1.69 bits per heavy atom. The zero-order valence-electron chi connectivity index (χ0n) is 27.4. The van der Waals surface area contributed by atoms with E-state index in [4.69, 9.17) is 18.9 Å². The second kappa shape index (κ2) is 14.6. The van der Waals surface area contributed by atoms with Crippen LogP contribution >= 0.6 is 0 Å². The van der Waals surface area contributed by atoms with Crippen molar-refractivity contribution in [3.8, 4) is 45.3 Å². The Labute approximate surface area is 283 Å². The molecule has 0 fully saturated rings. The molecule has 0 spiro atoms.